The van der Waals surface area contributed by atoms with Crippen LogP contribution < -0.4 is 39.1 Å². The molecule has 0 aromatic rings. The van der Waals surface area contributed by atoms with Crippen molar-refractivity contribution in [2.45, 2.75) is 0 Å². The van der Waals surface area contributed by atoms with E-state index in [1.54, 1.807) is 5.92 Å². The van der Waals surface area contributed by atoms with E-state index in [0.717, 1.165) is 0 Å². The Morgan fingerprint density at radius 3 is 1.38 bits per heavy atom. The summed E-state index contributed by atoms with van der Waals surface area (Å²) in [6.07, 6.45) is 5.89. The second-order valence-corrected chi connectivity index (χ2v) is 0.321. The fraction of sp³-hybridized carbons (Fsp3) is 0.333. The second kappa shape index (κ2) is 35.9. The second-order valence-electron chi connectivity index (χ2n) is 0.321. The summed E-state index contributed by atoms with van der Waals surface area (Å²) in [5.74, 6) is 1.62. The monoisotopic (exact) mass is 260 g/mol. The third-order valence-electron chi connectivity index (χ3n) is 0.0722. The van der Waals surface area contributed by atoms with Crippen molar-refractivity contribution in [3.8, 4) is 5.92 Å². The molecule has 0 aliphatic rings. The van der Waals surface area contributed by atoms with Gasteiger partial charge in [-0.05, 0) is 0 Å². The first-order chi connectivity index (χ1) is 1.91. The van der Waals surface area contributed by atoms with Crippen molar-refractivity contribution in [2.75, 3.05) is 6.61 Å². The SMILES string of the molecule is [Br-].[Br-].[C-]#CC[O-].[Mg+2].[Mg+2]. The van der Waals surface area contributed by atoms with Gasteiger partial charge in [0.05, 0.1) is 0 Å². The first-order valence-electron chi connectivity index (χ1n) is 0.892. The molecule has 0 saturated heterocycles. The zero-order valence-electron chi connectivity index (χ0n) is 4.29. The maximum atomic E-state index is 9.00. The van der Waals surface area contributed by atoms with Gasteiger partial charge >= 0.3 is 46.1 Å². The molecule has 5 heteroatoms. The molecule has 0 saturated carbocycles. The molecule has 0 N–H and O–H groups in total. The van der Waals surface area contributed by atoms with Crippen LogP contribution in [0.5, 0.6) is 0 Å². The van der Waals surface area contributed by atoms with E-state index >= 15 is 0 Å². The van der Waals surface area contributed by atoms with Gasteiger partial charge in [0.15, 0.2) is 0 Å². The molecule has 0 fully saturated rings. The Bertz CT molecular complexity index is 45.0. The first-order valence-corrected chi connectivity index (χ1v) is 0.892. The van der Waals surface area contributed by atoms with Crippen molar-refractivity contribution in [1.29, 1.82) is 0 Å². The summed E-state index contributed by atoms with van der Waals surface area (Å²) in [7, 11) is 0. The average Bonchev–Trinajstić information content (AvgIpc) is 1.37. The van der Waals surface area contributed by atoms with Crippen LogP contribution >= 0.6 is 0 Å². The van der Waals surface area contributed by atoms with Crippen LogP contribution in [0.15, 0.2) is 0 Å². The van der Waals surface area contributed by atoms with Gasteiger partial charge in [0.1, 0.15) is 0 Å². The predicted octanol–water partition coefficient (Wildman–Crippen LogP) is -7.82. The van der Waals surface area contributed by atoms with Gasteiger partial charge in [0.2, 0.25) is 0 Å². The zero-order chi connectivity index (χ0) is 3.41. The molecule has 0 amide bonds. The Kier molecular flexibility index (Phi) is 145. The van der Waals surface area contributed by atoms with Crippen molar-refractivity contribution in [3.05, 3.63) is 6.42 Å². The fourth-order valence-electron chi connectivity index (χ4n) is 0. The number of hydrogen-bond donors (Lipinski definition) is 0. The summed E-state index contributed by atoms with van der Waals surface area (Å²) in [6, 6.07) is 0. The summed E-state index contributed by atoms with van der Waals surface area (Å²) in [4.78, 5) is 0. The average molecular weight is 262 g/mol. The van der Waals surface area contributed by atoms with Crippen molar-refractivity contribution >= 4 is 46.1 Å². The van der Waals surface area contributed by atoms with E-state index in [2.05, 4.69) is 0 Å². The van der Waals surface area contributed by atoms with Gasteiger partial charge in [0, 0.05) is 0 Å². The first kappa shape index (κ1) is 32.4. The summed E-state index contributed by atoms with van der Waals surface area (Å²) in [5.41, 5.74) is 0. The van der Waals surface area contributed by atoms with E-state index in [0.29, 0.717) is 0 Å². The van der Waals surface area contributed by atoms with Gasteiger partial charge in [-0.3, -0.25) is 0 Å². The van der Waals surface area contributed by atoms with E-state index in [9.17, 15) is 0 Å². The molecule has 0 atom stereocenters. The molecular weight excluding hydrogens is 260 g/mol. The number of rotatable bonds is 0. The number of halogens is 2. The van der Waals surface area contributed by atoms with Crippen molar-refractivity contribution in [3.63, 3.8) is 0 Å². The number of hydrogen-bond acceptors (Lipinski definition) is 1. The maximum absolute atomic E-state index is 9.00. The van der Waals surface area contributed by atoms with Crippen LogP contribution in [0.3, 0.4) is 0 Å². The standard InChI is InChI=1S/C3H2O.2BrH.2Mg/c1-2-3-4;;;;/h3H2;2*1H;;/q-2;;;2*+2/p-2. The quantitative estimate of drug-likeness (QED) is 0.242. The molecule has 1 nitrogen and oxygen atoms in total. The van der Waals surface area contributed by atoms with Gasteiger partial charge in [-0.2, -0.15) is 0 Å². The molecule has 0 spiro atoms. The van der Waals surface area contributed by atoms with Crippen LogP contribution in [0.1, 0.15) is 0 Å². The third kappa shape index (κ3) is 43.4. The molecule has 0 heterocycles. The maximum Gasteiger partial charge on any atom is 2.00 e. The summed E-state index contributed by atoms with van der Waals surface area (Å²) >= 11 is 0. The van der Waals surface area contributed by atoms with E-state index in [-0.39, 0.29) is 80.1 Å². The molecule has 0 aromatic heterocycles. The van der Waals surface area contributed by atoms with E-state index in [4.69, 9.17) is 11.5 Å². The van der Waals surface area contributed by atoms with Gasteiger partial charge in [-0.15, -0.1) is 6.61 Å². The molecule has 0 unspecified atom stereocenters. The largest absolute Gasteiger partial charge is 2.00 e. The minimum atomic E-state index is -0.514. The molecule has 38 valence electrons. The van der Waals surface area contributed by atoms with Crippen molar-refractivity contribution < 1.29 is 39.1 Å². The fourth-order valence-corrected chi connectivity index (χ4v) is 0. The van der Waals surface area contributed by atoms with Gasteiger partial charge in [0.25, 0.3) is 0 Å². The minimum Gasteiger partial charge on any atom is -1.00 e. The van der Waals surface area contributed by atoms with Crippen LogP contribution in [0.4, 0.5) is 0 Å². The Morgan fingerprint density at radius 2 is 1.38 bits per heavy atom. The molecule has 0 radical (unpaired) electrons. The Hall–Kier alpha value is 2.01. The van der Waals surface area contributed by atoms with Crippen LogP contribution in [0, 0.1) is 12.3 Å². The predicted molar refractivity (Wildman–Crippen MR) is 23.5 cm³/mol. The van der Waals surface area contributed by atoms with Gasteiger partial charge in [-0.25, -0.2) is 0 Å². The smallest absolute Gasteiger partial charge is 1.00 e. The molecule has 8 heavy (non-hydrogen) atoms. The molecule has 0 aliphatic heterocycles. The van der Waals surface area contributed by atoms with Crippen LogP contribution in [-0.2, 0) is 0 Å². The van der Waals surface area contributed by atoms with Crippen LogP contribution in [0.2, 0.25) is 0 Å². The molecule has 0 aliphatic carbocycles. The van der Waals surface area contributed by atoms with E-state index < -0.39 is 6.61 Å². The van der Waals surface area contributed by atoms with Gasteiger partial charge in [-0.1, -0.05) is 0 Å². The summed E-state index contributed by atoms with van der Waals surface area (Å²) in [6.45, 7) is -0.514. The molecule has 0 bridgehead atoms. The van der Waals surface area contributed by atoms with Crippen LogP contribution in [0.25, 0.3) is 0 Å². The molecule has 0 aromatic carbocycles. The third-order valence-corrected chi connectivity index (χ3v) is 0.0722. The summed E-state index contributed by atoms with van der Waals surface area (Å²) < 4.78 is 0. The summed E-state index contributed by atoms with van der Waals surface area (Å²) in [5, 5.41) is 9.00. The van der Waals surface area contributed by atoms with Crippen molar-refractivity contribution in [2.24, 2.45) is 0 Å². The topological polar surface area (TPSA) is 23.1 Å². The van der Waals surface area contributed by atoms with E-state index in [1.807, 2.05) is 0 Å². The Balaban J connectivity index is -0.00000000750. The Morgan fingerprint density at radius 1 is 1.25 bits per heavy atom. The van der Waals surface area contributed by atoms with Crippen molar-refractivity contribution in [1.82, 2.24) is 0 Å². The Labute approximate surface area is 103 Å². The normalized spacial score (nSPS) is 2.50. The zero-order valence-corrected chi connectivity index (χ0v) is 10.3. The van der Waals surface area contributed by atoms with E-state index in [1.165, 1.54) is 0 Å². The van der Waals surface area contributed by atoms with Crippen LogP contribution in [-0.4, -0.2) is 52.7 Å². The molecular formula is C3H2Br2Mg2O. The van der Waals surface area contributed by atoms with Gasteiger partial charge < -0.3 is 51.4 Å². The minimum absolute atomic E-state index is 0. The molecule has 0 rings (SSSR count).